The number of hydrogen-bond acceptors (Lipinski definition) is 3. The van der Waals surface area contributed by atoms with Crippen LogP contribution in [0.15, 0.2) is 39.7 Å². The van der Waals surface area contributed by atoms with E-state index in [4.69, 9.17) is 4.42 Å². The van der Waals surface area contributed by atoms with Gasteiger partial charge in [0.15, 0.2) is 11.2 Å². The molecule has 1 N–H and O–H groups in total. The summed E-state index contributed by atoms with van der Waals surface area (Å²) in [5.41, 5.74) is 3.29. The van der Waals surface area contributed by atoms with E-state index in [-0.39, 0.29) is 17.5 Å². The van der Waals surface area contributed by atoms with Crippen LogP contribution < -0.4 is 5.43 Å². The average Bonchev–Trinajstić information content (AvgIpc) is 3.41. The minimum absolute atomic E-state index is 0.0788. The molecule has 1 saturated carbocycles. The zero-order valence-electron chi connectivity index (χ0n) is 15.4. The smallest absolute Gasteiger partial charge is 0.341 e. The number of furan rings is 1. The number of aromatic carboxylic acids is 1. The van der Waals surface area contributed by atoms with Gasteiger partial charge in [0.25, 0.3) is 0 Å². The topological polar surface area (TPSA) is 72.4 Å². The summed E-state index contributed by atoms with van der Waals surface area (Å²) in [4.78, 5) is 23.8. The largest absolute Gasteiger partial charge is 0.477 e. The number of hydrogen-bond donors (Lipinski definition) is 1. The van der Waals surface area contributed by atoms with Crippen molar-refractivity contribution in [3.05, 3.63) is 57.4 Å². The van der Waals surface area contributed by atoms with Gasteiger partial charge >= 0.3 is 5.97 Å². The third-order valence-corrected chi connectivity index (χ3v) is 5.95. The maximum absolute atomic E-state index is 12.3. The van der Waals surface area contributed by atoms with Gasteiger partial charge in [0, 0.05) is 29.3 Å². The Labute approximate surface area is 156 Å². The van der Waals surface area contributed by atoms with Gasteiger partial charge in [-0.25, -0.2) is 4.79 Å². The lowest BCUT2D eigenvalue weighted by molar-refractivity contribution is 0.0694. The van der Waals surface area contributed by atoms with E-state index in [9.17, 15) is 14.7 Å². The molecule has 1 aromatic carbocycles. The molecule has 0 radical (unpaired) electrons. The summed E-state index contributed by atoms with van der Waals surface area (Å²) in [5.74, 6) is 0.441. The number of rotatable bonds is 3. The Morgan fingerprint density at radius 2 is 2.04 bits per heavy atom. The Bertz CT molecular complexity index is 1150. The third-order valence-electron chi connectivity index (χ3n) is 5.95. The van der Waals surface area contributed by atoms with Crippen LogP contribution in [0.25, 0.3) is 22.4 Å². The van der Waals surface area contributed by atoms with Crippen LogP contribution in [0.5, 0.6) is 0 Å². The fourth-order valence-corrected chi connectivity index (χ4v) is 4.28. The van der Waals surface area contributed by atoms with Crippen molar-refractivity contribution in [2.45, 2.75) is 45.1 Å². The lowest BCUT2D eigenvalue weighted by Gasteiger charge is -2.31. The van der Waals surface area contributed by atoms with Gasteiger partial charge in [-0.1, -0.05) is 26.0 Å². The summed E-state index contributed by atoms with van der Waals surface area (Å²) in [7, 11) is 0. The number of aromatic nitrogens is 1. The first-order chi connectivity index (χ1) is 12.9. The van der Waals surface area contributed by atoms with E-state index in [2.05, 4.69) is 32.0 Å². The van der Waals surface area contributed by atoms with Crippen molar-refractivity contribution < 1.29 is 14.3 Å². The maximum atomic E-state index is 12.3. The Balaban J connectivity index is 1.77. The molecule has 1 atom stereocenters. The van der Waals surface area contributed by atoms with Crippen molar-refractivity contribution in [1.29, 1.82) is 0 Å². The highest BCUT2D eigenvalue weighted by Crippen LogP contribution is 2.45. The molecule has 3 heterocycles. The van der Waals surface area contributed by atoms with Crippen molar-refractivity contribution in [3.8, 4) is 11.5 Å². The van der Waals surface area contributed by atoms with Crippen LogP contribution in [0.3, 0.4) is 0 Å². The average molecular weight is 363 g/mol. The molecule has 2 aliphatic rings. The maximum Gasteiger partial charge on any atom is 0.341 e. The van der Waals surface area contributed by atoms with Crippen LogP contribution >= 0.6 is 0 Å². The van der Waals surface area contributed by atoms with Gasteiger partial charge in [0.2, 0.25) is 0 Å². The van der Waals surface area contributed by atoms with Crippen molar-refractivity contribution in [2.75, 3.05) is 0 Å². The molecule has 0 bridgehead atoms. The predicted octanol–water partition coefficient (Wildman–Crippen LogP) is 4.59. The van der Waals surface area contributed by atoms with Crippen molar-refractivity contribution in [1.82, 2.24) is 4.57 Å². The molecule has 5 rings (SSSR count). The highest BCUT2D eigenvalue weighted by atomic mass is 16.4. The van der Waals surface area contributed by atoms with Crippen LogP contribution in [0.2, 0.25) is 0 Å². The highest BCUT2D eigenvalue weighted by molar-refractivity contribution is 5.90. The van der Waals surface area contributed by atoms with Gasteiger partial charge in [0.05, 0.1) is 5.69 Å². The van der Waals surface area contributed by atoms with E-state index in [1.807, 2.05) is 4.57 Å². The zero-order chi connectivity index (χ0) is 18.9. The molecule has 5 nitrogen and oxygen atoms in total. The quantitative estimate of drug-likeness (QED) is 0.739. The van der Waals surface area contributed by atoms with Gasteiger partial charge in [-0.3, -0.25) is 4.79 Å². The molecule has 0 amide bonds. The zero-order valence-corrected chi connectivity index (χ0v) is 15.4. The second-order valence-corrected chi connectivity index (χ2v) is 8.10. The van der Waals surface area contributed by atoms with E-state index < -0.39 is 11.4 Å². The number of carboxylic acids is 1. The number of carbonyl (C=O) groups is 1. The van der Waals surface area contributed by atoms with Crippen LogP contribution in [-0.4, -0.2) is 15.6 Å². The molecular weight excluding hydrogens is 342 g/mol. The standard InChI is InChI=1S/C22H21NO4/c1-11(2)17-8-15-14-6-5-13(12-3-4-12)7-20(14)27-21(15)18-9-19(24)16(22(25)26)10-23(17)18/h5-7,9-12,17H,3-4,8H2,1-2H3,(H,25,26)/t17-/m0/s1. The van der Waals surface area contributed by atoms with E-state index in [1.165, 1.54) is 30.7 Å². The number of benzene rings is 1. The number of carboxylic acid groups (broad SMARTS) is 1. The summed E-state index contributed by atoms with van der Waals surface area (Å²) in [5, 5.41) is 10.5. The Morgan fingerprint density at radius 3 is 2.70 bits per heavy atom. The number of nitrogens with zero attached hydrogens (tertiary/aromatic N) is 1. The minimum Gasteiger partial charge on any atom is -0.477 e. The molecule has 0 saturated heterocycles. The summed E-state index contributed by atoms with van der Waals surface area (Å²) in [6, 6.07) is 7.96. The van der Waals surface area contributed by atoms with E-state index in [0.29, 0.717) is 17.4 Å². The molecule has 138 valence electrons. The normalized spacial score (nSPS) is 18.6. The Hall–Kier alpha value is -2.82. The Morgan fingerprint density at radius 1 is 1.26 bits per heavy atom. The minimum atomic E-state index is -1.19. The highest BCUT2D eigenvalue weighted by Gasteiger charge is 2.32. The number of pyridine rings is 1. The molecule has 27 heavy (non-hydrogen) atoms. The van der Waals surface area contributed by atoms with Gasteiger partial charge in [-0.05, 0) is 42.7 Å². The first-order valence-corrected chi connectivity index (χ1v) is 9.49. The summed E-state index contributed by atoms with van der Waals surface area (Å²) < 4.78 is 8.13. The molecule has 1 aliphatic carbocycles. The SMILES string of the molecule is CC(C)[C@@H]1Cc2c(oc3cc(C4CC4)ccc23)-c2cc(=O)c(C(=O)O)cn21. The first-order valence-electron chi connectivity index (χ1n) is 9.49. The van der Waals surface area contributed by atoms with Crippen LogP contribution in [0.4, 0.5) is 0 Å². The van der Waals surface area contributed by atoms with Crippen molar-refractivity contribution in [2.24, 2.45) is 5.92 Å². The lowest BCUT2D eigenvalue weighted by atomic mass is 9.89. The third kappa shape index (κ3) is 2.45. The lowest BCUT2D eigenvalue weighted by Crippen LogP contribution is -2.27. The molecule has 1 fully saturated rings. The molecule has 3 aromatic rings. The summed E-state index contributed by atoms with van der Waals surface area (Å²) >= 11 is 0. The second-order valence-electron chi connectivity index (χ2n) is 8.10. The summed E-state index contributed by atoms with van der Waals surface area (Å²) in [6.07, 6.45) is 4.71. The van der Waals surface area contributed by atoms with Gasteiger partial charge in [-0.15, -0.1) is 0 Å². The molecule has 0 unspecified atom stereocenters. The molecule has 0 spiro atoms. The van der Waals surface area contributed by atoms with Crippen molar-refractivity contribution in [3.63, 3.8) is 0 Å². The first kappa shape index (κ1) is 16.4. The van der Waals surface area contributed by atoms with Gasteiger partial charge in [-0.2, -0.15) is 0 Å². The monoisotopic (exact) mass is 363 g/mol. The Kier molecular flexibility index (Phi) is 3.39. The molecule has 2 aromatic heterocycles. The molecular formula is C22H21NO4. The van der Waals surface area contributed by atoms with E-state index in [1.54, 1.807) is 0 Å². The fourth-order valence-electron chi connectivity index (χ4n) is 4.28. The van der Waals surface area contributed by atoms with Crippen LogP contribution in [-0.2, 0) is 6.42 Å². The predicted molar refractivity (Wildman–Crippen MR) is 102 cm³/mol. The number of fused-ring (bicyclic) bond motifs is 5. The second kappa shape index (κ2) is 5.59. The fraction of sp³-hybridized carbons (Fsp3) is 0.364. The van der Waals surface area contributed by atoms with Crippen LogP contribution in [0, 0.1) is 5.92 Å². The summed E-state index contributed by atoms with van der Waals surface area (Å²) in [6.45, 7) is 4.23. The van der Waals surface area contributed by atoms with Gasteiger partial charge < -0.3 is 14.1 Å². The molecule has 5 heteroatoms. The van der Waals surface area contributed by atoms with E-state index in [0.717, 1.165) is 23.0 Å². The van der Waals surface area contributed by atoms with Crippen molar-refractivity contribution >= 4 is 16.9 Å². The molecule has 1 aliphatic heterocycles. The van der Waals surface area contributed by atoms with Crippen LogP contribution in [0.1, 0.15) is 60.1 Å². The van der Waals surface area contributed by atoms with E-state index >= 15 is 0 Å². The van der Waals surface area contributed by atoms with Gasteiger partial charge in [0.1, 0.15) is 11.1 Å².